The van der Waals surface area contributed by atoms with Crippen molar-refractivity contribution in [1.82, 2.24) is 5.32 Å². The highest BCUT2D eigenvalue weighted by Crippen LogP contribution is 2.38. The Labute approximate surface area is 153 Å². The molecule has 5 unspecified atom stereocenters. The van der Waals surface area contributed by atoms with Gasteiger partial charge in [-0.3, -0.25) is 4.79 Å². The molecule has 11 nitrogen and oxygen atoms in total. The zero-order chi connectivity index (χ0) is 20.9. The molecule has 1 fully saturated rings. The number of halogens is 2. The molecule has 1 saturated heterocycles. The number of aliphatic hydroxyl groups is 3. The van der Waals surface area contributed by atoms with Gasteiger partial charge in [-0.05, 0) is 6.92 Å². The number of nitrogens with two attached hydrogens (primary N) is 2. The van der Waals surface area contributed by atoms with Crippen LogP contribution < -0.4 is 16.8 Å². The fourth-order valence-electron chi connectivity index (χ4n) is 2.65. The van der Waals surface area contributed by atoms with Crippen LogP contribution in [0.25, 0.3) is 0 Å². The second kappa shape index (κ2) is 9.21. The van der Waals surface area contributed by atoms with E-state index in [1.165, 1.54) is 6.92 Å². The lowest BCUT2D eigenvalue weighted by Gasteiger charge is -2.46. The number of carbonyl (C=O) groups excluding carboxylic acids is 2. The van der Waals surface area contributed by atoms with Crippen LogP contribution in [0, 0.1) is 0 Å². The van der Waals surface area contributed by atoms with Crippen LogP contribution in [-0.2, 0) is 19.1 Å². The summed E-state index contributed by atoms with van der Waals surface area (Å²) in [5.74, 6) is -6.92. The molecular formula is C14H24F2N4O7. The van der Waals surface area contributed by atoms with Gasteiger partial charge in [0.1, 0.15) is 24.4 Å². The van der Waals surface area contributed by atoms with Gasteiger partial charge in [-0.2, -0.15) is 4.39 Å². The van der Waals surface area contributed by atoms with E-state index in [4.69, 9.17) is 21.3 Å². The van der Waals surface area contributed by atoms with Crippen LogP contribution in [0.15, 0.2) is 4.99 Å². The summed E-state index contributed by atoms with van der Waals surface area (Å²) in [5, 5.41) is 31.0. The number of alkyl halides is 2. The molecule has 1 heterocycles. The molecule has 13 heteroatoms. The summed E-state index contributed by atoms with van der Waals surface area (Å²) in [6.07, 6.45) is -8.65. The second-order valence-corrected chi connectivity index (χ2v) is 5.86. The lowest BCUT2D eigenvalue weighted by Crippen LogP contribution is -2.71. The Balaban J connectivity index is 3.47. The summed E-state index contributed by atoms with van der Waals surface area (Å²) in [5.41, 5.74) is 10.5. The van der Waals surface area contributed by atoms with E-state index in [9.17, 15) is 24.2 Å². The normalized spacial score (nSPS) is 32.9. The molecule has 0 saturated carbocycles. The number of ether oxygens (including phenoxy) is 2. The van der Waals surface area contributed by atoms with E-state index in [1.54, 1.807) is 0 Å². The second-order valence-electron chi connectivity index (χ2n) is 5.86. The molecule has 0 spiro atoms. The Morgan fingerprint density at radius 2 is 2.00 bits per heavy atom. The smallest absolute Gasteiger partial charge is 0.375 e. The molecule has 1 aliphatic rings. The number of esters is 1. The largest absolute Gasteiger partial charge is 0.462 e. The predicted molar refractivity (Wildman–Crippen MR) is 86.5 cm³/mol. The molecule has 156 valence electrons. The Kier molecular flexibility index (Phi) is 7.83. The summed E-state index contributed by atoms with van der Waals surface area (Å²) < 4.78 is 39.3. The third kappa shape index (κ3) is 5.00. The van der Waals surface area contributed by atoms with Crippen molar-refractivity contribution in [3.8, 4) is 0 Å². The molecule has 0 aliphatic carbocycles. The highest BCUT2D eigenvalue weighted by Gasteiger charge is 2.63. The van der Waals surface area contributed by atoms with Gasteiger partial charge in [0.25, 0.3) is 0 Å². The minimum atomic E-state index is -3.74. The van der Waals surface area contributed by atoms with Crippen LogP contribution in [-0.4, -0.2) is 88.8 Å². The molecule has 0 radical (unpaired) electrons. The van der Waals surface area contributed by atoms with Crippen molar-refractivity contribution in [3.05, 3.63) is 0 Å². The van der Waals surface area contributed by atoms with E-state index in [0.29, 0.717) is 0 Å². The number of nitrogens with one attached hydrogen (secondary N) is 1. The van der Waals surface area contributed by atoms with Crippen molar-refractivity contribution in [1.29, 1.82) is 0 Å². The number of rotatable bonds is 7. The number of aliphatic hydroxyl groups excluding tert-OH is 3. The van der Waals surface area contributed by atoms with Crippen molar-refractivity contribution in [2.24, 2.45) is 16.5 Å². The van der Waals surface area contributed by atoms with Crippen LogP contribution in [0.4, 0.5) is 8.78 Å². The first-order valence-electron chi connectivity index (χ1n) is 8.00. The van der Waals surface area contributed by atoms with Crippen molar-refractivity contribution in [2.75, 3.05) is 13.2 Å². The minimum absolute atomic E-state index is 0.310. The molecule has 0 aromatic rings. The van der Waals surface area contributed by atoms with E-state index >= 15 is 4.39 Å². The number of carbonyl (C=O) groups is 2. The first-order valence-corrected chi connectivity index (χ1v) is 8.00. The first kappa shape index (κ1) is 23.0. The van der Waals surface area contributed by atoms with E-state index in [2.05, 4.69) is 15.0 Å². The maximum absolute atomic E-state index is 15.1. The number of nitrogens with zero attached hydrogens (tertiary/aromatic N) is 1. The van der Waals surface area contributed by atoms with Gasteiger partial charge in [0.2, 0.25) is 5.91 Å². The zero-order valence-corrected chi connectivity index (χ0v) is 14.7. The summed E-state index contributed by atoms with van der Waals surface area (Å²) in [4.78, 5) is 26.9. The number of guanidine groups is 1. The number of hydrogen-bond acceptors (Lipinski definition) is 8. The van der Waals surface area contributed by atoms with Crippen molar-refractivity contribution in [2.45, 2.75) is 56.3 Å². The molecule has 0 aromatic heterocycles. The van der Waals surface area contributed by atoms with Gasteiger partial charge in [0.05, 0.1) is 19.3 Å². The maximum Gasteiger partial charge on any atom is 0.375 e. The fourth-order valence-corrected chi connectivity index (χ4v) is 2.65. The molecule has 1 aliphatic heterocycles. The van der Waals surface area contributed by atoms with Crippen LogP contribution in [0.5, 0.6) is 0 Å². The van der Waals surface area contributed by atoms with Gasteiger partial charge in [-0.1, -0.05) is 0 Å². The Bertz CT molecular complexity index is 578. The standard InChI is InChI=1S/C14H24F2N4O7/c1-3-26-12(25)14(16)11(15)8(20-13(17)18)7(19-5(2)22)10(27-14)9(24)6(23)4-21/h6-11,21,23-24H,3-4H2,1-2H3,(H,19,22)(H4,17,18,20)/t6-,7?,8?,9-,10?,11?,14?/m1/s1. The van der Waals surface area contributed by atoms with Crippen LogP contribution in [0.3, 0.4) is 0 Å². The Hall–Kier alpha value is -2.09. The molecule has 1 rings (SSSR count). The number of aliphatic imine (C=N–C) groups is 1. The van der Waals surface area contributed by atoms with Crippen molar-refractivity contribution < 1.29 is 43.2 Å². The monoisotopic (exact) mass is 398 g/mol. The van der Waals surface area contributed by atoms with Crippen molar-refractivity contribution >= 4 is 17.8 Å². The molecule has 0 aromatic carbocycles. The van der Waals surface area contributed by atoms with Gasteiger partial charge in [0.15, 0.2) is 12.1 Å². The van der Waals surface area contributed by atoms with E-state index in [-0.39, 0.29) is 6.61 Å². The molecule has 27 heavy (non-hydrogen) atoms. The molecular weight excluding hydrogens is 374 g/mol. The van der Waals surface area contributed by atoms with Gasteiger partial charge in [-0.25, -0.2) is 14.2 Å². The van der Waals surface area contributed by atoms with Gasteiger partial charge in [0, 0.05) is 6.92 Å². The Morgan fingerprint density at radius 3 is 2.44 bits per heavy atom. The molecule has 7 atom stereocenters. The zero-order valence-electron chi connectivity index (χ0n) is 14.7. The molecule has 0 bridgehead atoms. The number of amides is 1. The molecule has 8 N–H and O–H groups in total. The van der Waals surface area contributed by atoms with Gasteiger partial charge < -0.3 is 41.6 Å². The quantitative estimate of drug-likeness (QED) is 0.146. The minimum Gasteiger partial charge on any atom is -0.462 e. The van der Waals surface area contributed by atoms with Crippen molar-refractivity contribution in [3.63, 3.8) is 0 Å². The van der Waals surface area contributed by atoms with E-state index in [1.807, 2.05) is 0 Å². The third-order valence-corrected chi connectivity index (χ3v) is 3.82. The average Bonchev–Trinajstić information content (AvgIpc) is 2.59. The lowest BCUT2D eigenvalue weighted by molar-refractivity contribution is -0.278. The highest BCUT2D eigenvalue weighted by molar-refractivity contribution is 5.80. The summed E-state index contributed by atoms with van der Waals surface area (Å²) in [6, 6.07) is -3.50. The lowest BCUT2D eigenvalue weighted by atomic mass is 9.86. The maximum atomic E-state index is 15.1. The SMILES string of the molecule is CCOC(=O)C1(F)OC([C@H](O)[C@H](O)CO)C(NC(C)=O)C(N=C(N)N)C1F. The topological polar surface area (TPSA) is 190 Å². The van der Waals surface area contributed by atoms with E-state index in [0.717, 1.165) is 6.92 Å². The van der Waals surface area contributed by atoms with E-state index < -0.39 is 66.9 Å². The van der Waals surface area contributed by atoms with Gasteiger partial charge in [-0.15, -0.1) is 0 Å². The summed E-state index contributed by atoms with van der Waals surface area (Å²) >= 11 is 0. The first-order chi connectivity index (χ1) is 12.5. The van der Waals surface area contributed by atoms with Crippen LogP contribution in [0.2, 0.25) is 0 Å². The third-order valence-electron chi connectivity index (χ3n) is 3.82. The van der Waals surface area contributed by atoms with Crippen LogP contribution >= 0.6 is 0 Å². The highest BCUT2D eigenvalue weighted by atomic mass is 19.2. The average molecular weight is 398 g/mol. The van der Waals surface area contributed by atoms with Gasteiger partial charge >= 0.3 is 11.8 Å². The Morgan fingerprint density at radius 1 is 1.41 bits per heavy atom. The summed E-state index contributed by atoms with van der Waals surface area (Å²) in [7, 11) is 0. The van der Waals surface area contributed by atoms with Crippen LogP contribution in [0.1, 0.15) is 13.8 Å². The molecule has 1 amide bonds. The summed E-state index contributed by atoms with van der Waals surface area (Å²) in [6.45, 7) is 1.09. The fraction of sp³-hybridized carbons (Fsp3) is 0.786. The number of hydrogen-bond donors (Lipinski definition) is 6. The predicted octanol–water partition coefficient (Wildman–Crippen LogP) is -3.19.